The van der Waals surface area contributed by atoms with Crippen LogP contribution in [0.3, 0.4) is 0 Å². The van der Waals surface area contributed by atoms with Crippen LogP contribution in [0.5, 0.6) is 0 Å². The number of rotatable bonds is 8. The number of hydrogen-bond acceptors (Lipinski definition) is 4. The van der Waals surface area contributed by atoms with Crippen molar-refractivity contribution in [3.8, 4) is 0 Å². The van der Waals surface area contributed by atoms with E-state index in [-0.39, 0.29) is 5.91 Å². The average molecular weight is 404 g/mol. The average Bonchev–Trinajstić information content (AvgIpc) is 2.92. The van der Waals surface area contributed by atoms with Gasteiger partial charge in [-0.1, -0.05) is 48.4 Å². The first-order valence-corrected chi connectivity index (χ1v) is 9.64. The van der Waals surface area contributed by atoms with Crippen LogP contribution in [0.2, 0.25) is 5.15 Å². The van der Waals surface area contributed by atoms with E-state index in [9.17, 15) is 9.59 Å². The van der Waals surface area contributed by atoms with Crippen LogP contribution < -0.4 is 5.32 Å². The van der Waals surface area contributed by atoms with Gasteiger partial charge in [-0.15, -0.1) is 0 Å². The van der Waals surface area contributed by atoms with Crippen molar-refractivity contribution in [1.29, 1.82) is 0 Å². The summed E-state index contributed by atoms with van der Waals surface area (Å²) >= 11 is 6.44. The molecule has 2 rings (SSSR count). The molecule has 0 fully saturated rings. The smallest absolute Gasteiger partial charge is 0.331 e. The molecular weight excluding hydrogens is 378 g/mol. The maximum atomic E-state index is 12.0. The summed E-state index contributed by atoms with van der Waals surface area (Å²) in [5.41, 5.74) is 3.62. The summed E-state index contributed by atoms with van der Waals surface area (Å²) < 4.78 is 6.80. The highest BCUT2D eigenvalue weighted by Gasteiger charge is 2.16. The van der Waals surface area contributed by atoms with Gasteiger partial charge in [-0.2, -0.15) is 5.10 Å². The van der Waals surface area contributed by atoms with E-state index < -0.39 is 12.1 Å². The minimum atomic E-state index is -0.857. The summed E-state index contributed by atoms with van der Waals surface area (Å²) in [5.74, 6) is -0.926. The molecule has 0 bridgehead atoms. The number of aromatic nitrogens is 2. The Labute approximate surface area is 170 Å². The van der Waals surface area contributed by atoms with Crippen LogP contribution in [-0.4, -0.2) is 34.3 Å². The summed E-state index contributed by atoms with van der Waals surface area (Å²) in [6.07, 6.45) is 2.78. The lowest BCUT2D eigenvalue weighted by Gasteiger charge is -2.11. The van der Waals surface area contributed by atoms with Gasteiger partial charge < -0.3 is 10.1 Å². The van der Waals surface area contributed by atoms with Crippen molar-refractivity contribution < 1.29 is 14.3 Å². The molecule has 1 atom stereocenters. The van der Waals surface area contributed by atoms with Gasteiger partial charge >= 0.3 is 5.97 Å². The number of carbonyl (C=O) groups is 2. The molecule has 28 heavy (non-hydrogen) atoms. The fraction of sp³-hybridized carbons (Fsp3) is 0.381. The molecule has 1 unspecified atom stereocenters. The summed E-state index contributed by atoms with van der Waals surface area (Å²) in [6, 6.07) is 8.13. The van der Waals surface area contributed by atoms with Crippen LogP contribution in [0.1, 0.15) is 42.7 Å². The molecule has 0 radical (unpaired) electrons. The Hall–Kier alpha value is -2.60. The number of benzene rings is 1. The van der Waals surface area contributed by atoms with E-state index in [1.54, 1.807) is 10.8 Å². The first-order chi connectivity index (χ1) is 13.3. The largest absolute Gasteiger partial charge is 0.449 e. The standard InChI is InChI=1S/C21H26ClN3O3/c1-5-12-23-21(27)16(4)28-19(26)11-10-18-15(3)24-25(20(18)22)13-17-8-6-14(2)7-9-17/h6-11,16H,5,12-13H2,1-4H3,(H,23,27)/b11-10+. The van der Waals surface area contributed by atoms with E-state index in [1.807, 2.05) is 45.0 Å². The fourth-order valence-electron chi connectivity index (χ4n) is 2.54. The SMILES string of the molecule is CCCNC(=O)C(C)OC(=O)/C=C/c1c(C)nn(Cc2ccc(C)cc2)c1Cl. The number of esters is 1. The molecular formula is C21H26ClN3O3. The molecule has 2 aromatic rings. The maximum Gasteiger partial charge on any atom is 0.331 e. The summed E-state index contributed by atoms with van der Waals surface area (Å²) in [6.45, 7) is 8.42. The molecule has 1 heterocycles. The minimum Gasteiger partial charge on any atom is -0.449 e. The Balaban J connectivity index is 2.03. The normalized spacial score (nSPS) is 12.2. The number of nitrogens with one attached hydrogen (secondary N) is 1. The van der Waals surface area contributed by atoms with Crippen LogP contribution in [0.25, 0.3) is 6.08 Å². The number of nitrogens with zero attached hydrogens (tertiary/aromatic N) is 2. The van der Waals surface area contributed by atoms with Gasteiger partial charge in [0.15, 0.2) is 6.10 Å². The molecule has 1 aromatic heterocycles. The van der Waals surface area contributed by atoms with Crippen LogP contribution in [0, 0.1) is 13.8 Å². The van der Waals surface area contributed by atoms with Crippen molar-refractivity contribution in [3.63, 3.8) is 0 Å². The first kappa shape index (κ1) is 21.7. The van der Waals surface area contributed by atoms with Crippen LogP contribution in [0.15, 0.2) is 30.3 Å². The molecule has 7 heteroatoms. The fourth-order valence-corrected chi connectivity index (χ4v) is 2.84. The Morgan fingerprint density at radius 2 is 1.96 bits per heavy atom. The summed E-state index contributed by atoms with van der Waals surface area (Å²) in [4.78, 5) is 23.8. The number of carbonyl (C=O) groups excluding carboxylic acids is 2. The van der Waals surface area contributed by atoms with Crippen molar-refractivity contribution in [2.45, 2.75) is 46.8 Å². The van der Waals surface area contributed by atoms with E-state index in [2.05, 4.69) is 10.4 Å². The van der Waals surface area contributed by atoms with E-state index in [4.69, 9.17) is 16.3 Å². The Morgan fingerprint density at radius 1 is 1.29 bits per heavy atom. The van der Waals surface area contributed by atoms with Crippen molar-refractivity contribution in [1.82, 2.24) is 15.1 Å². The van der Waals surface area contributed by atoms with Crippen LogP contribution in [0.4, 0.5) is 0 Å². The lowest BCUT2D eigenvalue weighted by atomic mass is 10.1. The third kappa shape index (κ3) is 5.96. The Kier molecular flexibility index (Phi) is 7.81. The molecule has 6 nitrogen and oxygen atoms in total. The molecule has 1 aromatic carbocycles. The third-order valence-corrected chi connectivity index (χ3v) is 4.56. The van der Waals surface area contributed by atoms with Crippen LogP contribution >= 0.6 is 11.6 Å². The molecule has 0 spiro atoms. The van der Waals surface area contributed by atoms with Gasteiger partial charge in [0.25, 0.3) is 5.91 Å². The van der Waals surface area contributed by atoms with Crippen LogP contribution in [-0.2, 0) is 20.9 Å². The van der Waals surface area contributed by atoms with Gasteiger partial charge in [0.05, 0.1) is 12.2 Å². The highest BCUT2D eigenvalue weighted by atomic mass is 35.5. The monoisotopic (exact) mass is 403 g/mol. The Bertz CT molecular complexity index is 857. The number of ether oxygens (including phenoxy) is 1. The van der Waals surface area contributed by atoms with Crippen molar-refractivity contribution in [2.75, 3.05) is 6.54 Å². The summed E-state index contributed by atoms with van der Waals surface area (Å²) in [7, 11) is 0. The predicted octanol–water partition coefficient (Wildman–Crippen LogP) is 3.67. The molecule has 0 aliphatic carbocycles. The number of hydrogen-bond donors (Lipinski definition) is 1. The highest BCUT2D eigenvalue weighted by Crippen LogP contribution is 2.22. The Morgan fingerprint density at radius 3 is 2.61 bits per heavy atom. The number of amides is 1. The van der Waals surface area contributed by atoms with Crippen molar-refractivity contribution in [3.05, 3.63) is 57.9 Å². The predicted molar refractivity (Wildman–Crippen MR) is 110 cm³/mol. The molecule has 1 amide bonds. The maximum absolute atomic E-state index is 12.0. The van der Waals surface area contributed by atoms with E-state index >= 15 is 0 Å². The van der Waals surface area contributed by atoms with Gasteiger partial charge in [-0.25, -0.2) is 9.48 Å². The van der Waals surface area contributed by atoms with Gasteiger partial charge in [-0.05, 0) is 38.8 Å². The van der Waals surface area contributed by atoms with Gasteiger partial charge in [0, 0.05) is 18.2 Å². The minimum absolute atomic E-state index is 0.316. The number of aryl methyl sites for hydroxylation is 2. The molecule has 0 saturated carbocycles. The van der Waals surface area contributed by atoms with E-state index in [0.717, 1.165) is 12.0 Å². The third-order valence-electron chi connectivity index (χ3n) is 4.16. The van der Waals surface area contributed by atoms with Gasteiger partial charge in [0.2, 0.25) is 0 Å². The quantitative estimate of drug-likeness (QED) is 0.539. The number of halogens is 1. The second-order valence-corrected chi connectivity index (χ2v) is 6.99. The second-order valence-electron chi connectivity index (χ2n) is 6.64. The van der Waals surface area contributed by atoms with E-state index in [1.165, 1.54) is 18.6 Å². The van der Waals surface area contributed by atoms with Gasteiger partial charge in [0.1, 0.15) is 5.15 Å². The van der Waals surface area contributed by atoms with Crippen molar-refractivity contribution >= 4 is 29.6 Å². The van der Waals surface area contributed by atoms with Crippen molar-refractivity contribution in [2.24, 2.45) is 0 Å². The molecule has 0 saturated heterocycles. The molecule has 0 aliphatic heterocycles. The zero-order valence-corrected chi connectivity index (χ0v) is 17.4. The zero-order chi connectivity index (χ0) is 20.7. The first-order valence-electron chi connectivity index (χ1n) is 9.26. The topological polar surface area (TPSA) is 73.2 Å². The molecule has 0 aliphatic rings. The zero-order valence-electron chi connectivity index (χ0n) is 16.7. The highest BCUT2D eigenvalue weighted by molar-refractivity contribution is 6.31. The lowest BCUT2D eigenvalue weighted by Crippen LogP contribution is -2.35. The van der Waals surface area contributed by atoms with Gasteiger partial charge in [-0.3, -0.25) is 4.79 Å². The summed E-state index contributed by atoms with van der Waals surface area (Å²) in [5, 5.41) is 7.57. The second kappa shape index (κ2) is 10.1. The molecule has 1 N–H and O–H groups in total. The lowest BCUT2D eigenvalue weighted by molar-refractivity contribution is -0.150. The molecule has 150 valence electrons. The van der Waals surface area contributed by atoms with E-state index in [0.29, 0.717) is 29.5 Å².